The molecular formula is C14H17NO7. The maximum absolute atomic E-state index is 10.6. The minimum atomic E-state index is -1.11. The van der Waals surface area contributed by atoms with E-state index in [9.17, 15) is 14.4 Å². The van der Waals surface area contributed by atoms with Crippen LogP contribution in [0.5, 0.6) is 5.75 Å². The lowest BCUT2D eigenvalue weighted by Crippen LogP contribution is -2.29. The summed E-state index contributed by atoms with van der Waals surface area (Å²) in [7, 11) is 0. The van der Waals surface area contributed by atoms with Crippen molar-refractivity contribution >= 4 is 17.9 Å². The van der Waals surface area contributed by atoms with Crippen LogP contribution in [0.15, 0.2) is 24.3 Å². The van der Waals surface area contributed by atoms with Crippen LogP contribution in [0.2, 0.25) is 0 Å². The summed E-state index contributed by atoms with van der Waals surface area (Å²) in [6.45, 7) is 1.62. The zero-order chi connectivity index (χ0) is 16.7. The maximum Gasteiger partial charge on any atom is 0.339 e. The fourth-order valence-electron chi connectivity index (χ4n) is 1.79. The van der Waals surface area contributed by atoms with E-state index in [0.717, 1.165) is 0 Å². The molecule has 1 aromatic carbocycles. The van der Waals surface area contributed by atoms with Crippen molar-refractivity contribution in [1.29, 1.82) is 0 Å². The van der Waals surface area contributed by atoms with Gasteiger partial charge in [0.05, 0.1) is 6.10 Å². The minimum Gasteiger partial charge on any atom is -0.480 e. The van der Waals surface area contributed by atoms with Crippen molar-refractivity contribution in [3.05, 3.63) is 29.8 Å². The molecule has 2 atom stereocenters. The lowest BCUT2D eigenvalue weighted by Gasteiger charge is -2.03. The first-order valence-corrected chi connectivity index (χ1v) is 6.46. The molecule has 1 fully saturated rings. The monoisotopic (exact) mass is 311 g/mol. The largest absolute Gasteiger partial charge is 0.480 e. The number of β-amino-alcohol motifs (C(OH)–C–C–N with tert-alkyl or cyclic N) is 1. The number of aliphatic hydroxyl groups is 1. The molecule has 120 valence electrons. The van der Waals surface area contributed by atoms with E-state index in [0.29, 0.717) is 13.0 Å². The fraction of sp³-hybridized carbons (Fsp3) is 0.357. The van der Waals surface area contributed by atoms with E-state index in [1.54, 1.807) is 12.1 Å². The Morgan fingerprint density at radius 3 is 2.27 bits per heavy atom. The number of carboxylic acids is 2. The molecule has 0 spiro atoms. The fourth-order valence-corrected chi connectivity index (χ4v) is 1.79. The van der Waals surface area contributed by atoms with Crippen LogP contribution in [0.3, 0.4) is 0 Å². The summed E-state index contributed by atoms with van der Waals surface area (Å²) in [5.74, 6) is -2.46. The molecule has 8 nitrogen and oxygen atoms in total. The van der Waals surface area contributed by atoms with Crippen molar-refractivity contribution < 1.29 is 34.4 Å². The average molecular weight is 311 g/mol. The quantitative estimate of drug-likeness (QED) is 0.456. The van der Waals surface area contributed by atoms with Gasteiger partial charge in [0, 0.05) is 19.9 Å². The van der Waals surface area contributed by atoms with Gasteiger partial charge >= 0.3 is 17.9 Å². The Balaban J connectivity index is 0.000000235. The first kappa shape index (κ1) is 17.6. The van der Waals surface area contributed by atoms with Crippen molar-refractivity contribution in [2.75, 3.05) is 6.54 Å². The molecule has 0 bridgehead atoms. The molecule has 1 aromatic rings. The van der Waals surface area contributed by atoms with Crippen molar-refractivity contribution in [1.82, 2.24) is 5.32 Å². The van der Waals surface area contributed by atoms with Crippen LogP contribution in [0.4, 0.5) is 0 Å². The summed E-state index contributed by atoms with van der Waals surface area (Å²) >= 11 is 0. The highest BCUT2D eigenvalue weighted by Gasteiger charge is 2.27. The highest BCUT2D eigenvalue weighted by atomic mass is 16.5. The number of hydrogen-bond donors (Lipinski definition) is 4. The number of rotatable bonds is 3. The first-order valence-electron chi connectivity index (χ1n) is 6.46. The number of nitrogens with one attached hydrogen (secondary N) is 1. The molecule has 1 saturated heterocycles. The molecule has 0 amide bonds. The molecule has 1 aliphatic rings. The number of ether oxygens (including phenoxy) is 1. The zero-order valence-corrected chi connectivity index (χ0v) is 11.9. The smallest absolute Gasteiger partial charge is 0.339 e. The third-order valence-corrected chi connectivity index (χ3v) is 2.78. The molecule has 2 rings (SSSR count). The lowest BCUT2D eigenvalue weighted by molar-refractivity contribution is -0.139. The standard InChI is InChI=1S/C9H8O4.C5H9NO3/c1-6(10)13-8-5-3-2-4-7(8)9(11)12;7-3-1-4(5(8)9)6-2-3/h2-5H,1H3,(H,11,12);3-4,6-7H,1-2H2,(H,8,9)/t;3-,4+/m.1/s1. The van der Waals surface area contributed by atoms with Crippen LogP contribution in [-0.2, 0) is 9.59 Å². The summed E-state index contributed by atoms with van der Waals surface area (Å²) in [5, 5.41) is 28.5. The Hall–Kier alpha value is -2.45. The van der Waals surface area contributed by atoms with Crippen LogP contribution in [-0.4, -0.2) is 51.9 Å². The van der Waals surface area contributed by atoms with Gasteiger partial charge in [-0.1, -0.05) is 12.1 Å². The van der Waals surface area contributed by atoms with Gasteiger partial charge in [0.15, 0.2) is 0 Å². The average Bonchev–Trinajstić information content (AvgIpc) is 2.86. The highest BCUT2D eigenvalue weighted by Crippen LogP contribution is 2.17. The molecule has 1 heterocycles. The lowest BCUT2D eigenvalue weighted by atomic mass is 10.2. The normalized spacial score (nSPS) is 19.7. The number of aliphatic hydroxyl groups excluding tert-OH is 1. The highest BCUT2D eigenvalue weighted by molar-refractivity contribution is 5.91. The topological polar surface area (TPSA) is 133 Å². The van der Waals surface area contributed by atoms with Gasteiger partial charge in [-0.3, -0.25) is 9.59 Å². The Kier molecular flexibility index (Phi) is 6.48. The summed E-state index contributed by atoms with van der Waals surface area (Å²) in [4.78, 5) is 31.4. The van der Waals surface area contributed by atoms with Crippen molar-refractivity contribution in [2.24, 2.45) is 0 Å². The van der Waals surface area contributed by atoms with E-state index >= 15 is 0 Å². The predicted molar refractivity (Wildman–Crippen MR) is 74.8 cm³/mol. The van der Waals surface area contributed by atoms with Crippen LogP contribution >= 0.6 is 0 Å². The van der Waals surface area contributed by atoms with Crippen LogP contribution in [0, 0.1) is 0 Å². The molecular weight excluding hydrogens is 294 g/mol. The SMILES string of the molecule is CC(=O)Oc1ccccc1C(=O)O.O=C(O)[C@@H]1C[C@@H](O)CN1. The molecule has 0 radical (unpaired) electrons. The van der Waals surface area contributed by atoms with Crippen molar-refractivity contribution in [3.8, 4) is 5.75 Å². The molecule has 0 saturated carbocycles. The van der Waals surface area contributed by atoms with Crippen LogP contribution in [0.1, 0.15) is 23.7 Å². The van der Waals surface area contributed by atoms with Crippen molar-refractivity contribution in [2.45, 2.75) is 25.5 Å². The molecule has 0 unspecified atom stereocenters. The summed E-state index contributed by atoms with van der Waals surface area (Å²) in [5.41, 5.74) is -0.0160. The van der Waals surface area contributed by atoms with E-state index < -0.39 is 30.1 Å². The third kappa shape index (κ3) is 5.51. The van der Waals surface area contributed by atoms with Gasteiger partial charge in [-0.2, -0.15) is 0 Å². The molecule has 8 heteroatoms. The zero-order valence-electron chi connectivity index (χ0n) is 11.9. The van der Waals surface area contributed by atoms with Gasteiger partial charge in [-0.15, -0.1) is 0 Å². The number of hydrogen-bond acceptors (Lipinski definition) is 6. The molecule has 1 aliphatic heterocycles. The van der Waals surface area contributed by atoms with E-state index in [4.69, 9.17) is 15.3 Å². The van der Waals surface area contributed by atoms with E-state index in [1.807, 2.05) is 0 Å². The third-order valence-electron chi connectivity index (χ3n) is 2.78. The molecule has 0 aromatic heterocycles. The number of esters is 1. The Morgan fingerprint density at radius 2 is 1.86 bits per heavy atom. The van der Waals surface area contributed by atoms with E-state index in [2.05, 4.69) is 10.1 Å². The summed E-state index contributed by atoms with van der Waals surface area (Å²) < 4.78 is 4.69. The number of carbonyl (C=O) groups excluding carboxylic acids is 1. The Labute approximate surface area is 126 Å². The second kappa shape index (κ2) is 8.11. The molecule has 22 heavy (non-hydrogen) atoms. The number of aliphatic carboxylic acids is 1. The minimum absolute atomic E-state index is 0.0160. The van der Waals surface area contributed by atoms with Gasteiger partial charge in [0.1, 0.15) is 17.4 Å². The van der Waals surface area contributed by atoms with Gasteiger partial charge < -0.3 is 25.4 Å². The summed E-state index contributed by atoms with van der Waals surface area (Å²) in [6.07, 6.45) is -0.152. The van der Waals surface area contributed by atoms with Gasteiger partial charge in [0.2, 0.25) is 0 Å². The van der Waals surface area contributed by atoms with Crippen molar-refractivity contribution in [3.63, 3.8) is 0 Å². The molecule has 0 aliphatic carbocycles. The Morgan fingerprint density at radius 1 is 1.23 bits per heavy atom. The maximum atomic E-state index is 10.6. The second-order valence-corrected chi connectivity index (χ2v) is 4.58. The van der Waals surface area contributed by atoms with Crippen LogP contribution < -0.4 is 10.1 Å². The number of aromatic carboxylic acids is 1. The predicted octanol–water partition coefficient (Wildman–Crippen LogP) is 0.104. The first-order chi connectivity index (χ1) is 10.3. The van der Waals surface area contributed by atoms with Gasteiger partial charge in [-0.25, -0.2) is 4.79 Å². The number of carboxylic acid groups (broad SMARTS) is 2. The van der Waals surface area contributed by atoms with Gasteiger partial charge in [0.25, 0.3) is 0 Å². The Bertz CT molecular complexity index is 558. The molecule has 4 N–H and O–H groups in total. The van der Waals surface area contributed by atoms with Gasteiger partial charge in [-0.05, 0) is 12.1 Å². The van der Waals surface area contributed by atoms with E-state index in [1.165, 1.54) is 19.1 Å². The second-order valence-electron chi connectivity index (χ2n) is 4.58. The number of para-hydroxylation sites is 1. The number of carbonyl (C=O) groups is 3. The number of benzene rings is 1. The van der Waals surface area contributed by atoms with Crippen LogP contribution in [0.25, 0.3) is 0 Å². The summed E-state index contributed by atoms with van der Waals surface area (Å²) in [6, 6.07) is 5.44. The van der Waals surface area contributed by atoms with E-state index in [-0.39, 0.29) is 11.3 Å².